The van der Waals surface area contributed by atoms with Crippen molar-refractivity contribution in [1.82, 2.24) is 15.1 Å². The lowest BCUT2D eigenvalue weighted by atomic mass is 10.1. The molecule has 7 heteroatoms. The molecule has 1 N–H and O–H groups in total. The van der Waals surface area contributed by atoms with Crippen molar-refractivity contribution >= 4 is 11.9 Å². The van der Waals surface area contributed by atoms with Crippen molar-refractivity contribution in [1.29, 1.82) is 0 Å². The van der Waals surface area contributed by atoms with Gasteiger partial charge in [0.05, 0.1) is 5.92 Å². The minimum atomic E-state index is -0.850. The van der Waals surface area contributed by atoms with E-state index in [1.54, 1.807) is 29.2 Å². The molecule has 21 heavy (non-hydrogen) atoms. The molecule has 2 heterocycles. The van der Waals surface area contributed by atoms with Crippen molar-refractivity contribution < 1.29 is 19.1 Å². The molecule has 2 aromatic rings. The van der Waals surface area contributed by atoms with Gasteiger partial charge in [0.15, 0.2) is 0 Å². The van der Waals surface area contributed by atoms with Gasteiger partial charge in [0.1, 0.15) is 0 Å². The zero-order chi connectivity index (χ0) is 14.8. The van der Waals surface area contributed by atoms with Gasteiger partial charge in [-0.2, -0.15) is 0 Å². The van der Waals surface area contributed by atoms with Gasteiger partial charge >= 0.3 is 5.97 Å². The third-order valence-corrected chi connectivity index (χ3v) is 3.56. The largest absolute Gasteiger partial charge is 0.481 e. The Morgan fingerprint density at radius 2 is 2.05 bits per heavy atom. The Labute approximate surface area is 120 Å². The molecule has 0 saturated carbocycles. The Morgan fingerprint density at radius 1 is 1.29 bits per heavy atom. The van der Waals surface area contributed by atoms with Gasteiger partial charge in [0.25, 0.3) is 5.91 Å². The number of aliphatic carboxylic acids is 1. The van der Waals surface area contributed by atoms with E-state index < -0.39 is 11.9 Å². The summed E-state index contributed by atoms with van der Waals surface area (Å²) in [7, 11) is 0. The van der Waals surface area contributed by atoms with Crippen LogP contribution in [-0.2, 0) is 4.79 Å². The van der Waals surface area contributed by atoms with Crippen LogP contribution in [-0.4, -0.2) is 45.2 Å². The molecule has 1 saturated heterocycles. The summed E-state index contributed by atoms with van der Waals surface area (Å²) in [5, 5.41) is 16.4. The van der Waals surface area contributed by atoms with Crippen molar-refractivity contribution in [3.8, 4) is 11.5 Å². The number of hydrogen-bond acceptors (Lipinski definition) is 5. The van der Waals surface area contributed by atoms with Crippen LogP contribution >= 0.6 is 0 Å². The third kappa shape index (κ3) is 2.62. The Bertz CT molecular complexity index is 651. The molecule has 0 aliphatic carbocycles. The Balaban J connectivity index is 1.72. The number of hydrogen-bond donors (Lipinski definition) is 1. The maximum atomic E-state index is 12.3. The number of carbonyl (C=O) groups excluding carboxylic acids is 1. The quantitative estimate of drug-likeness (QED) is 0.913. The molecule has 1 unspecified atom stereocenters. The highest BCUT2D eigenvalue weighted by Crippen LogP contribution is 2.21. The van der Waals surface area contributed by atoms with Gasteiger partial charge in [0.2, 0.25) is 12.3 Å². The number of aromatic nitrogens is 2. The lowest BCUT2D eigenvalue weighted by molar-refractivity contribution is -0.141. The van der Waals surface area contributed by atoms with Crippen LogP contribution in [0.15, 0.2) is 35.1 Å². The maximum absolute atomic E-state index is 12.3. The van der Waals surface area contributed by atoms with E-state index in [0.717, 1.165) is 5.56 Å². The molecule has 1 aliphatic heterocycles. The fourth-order valence-electron chi connectivity index (χ4n) is 2.38. The predicted molar refractivity (Wildman–Crippen MR) is 71.4 cm³/mol. The van der Waals surface area contributed by atoms with Crippen LogP contribution in [0.5, 0.6) is 0 Å². The molecule has 1 fully saturated rings. The van der Waals surface area contributed by atoms with Crippen molar-refractivity contribution in [2.24, 2.45) is 5.92 Å². The fourth-order valence-corrected chi connectivity index (χ4v) is 2.38. The van der Waals surface area contributed by atoms with E-state index in [2.05, 4.69) is 10.2 Å². The standard InChI is InChI=1S/C14H13N3O4/c18-13(17-6-5-11(7-17)14(19)20)10-3-1-9(2-4-10)12-16-15-8-21-12/h1-4,8,11H,5-7H2,(H,19,20). The topological polar surface area (TPSA) is 96.5 Å². The highest BCUT2D eigenvalue weighted by Gasteiger charge is 2.31. The maximum Gasteiger partial charge on any atom is 0.308 e. The van der Waals surface area contributed by atoms with Crippen LogP contribution < -0.4 is 0 Å². The van der Waals surface area contributed by atoms with Gasteiger partial charge in [-0.15, -0.1) is 10.2 Å². The molecule has 7 nitrogen and oxygen atoms in total. The zero-order valence-electron chi connectivity index (χ0n) is 11.1. The number of amides is 1. The normalized spacial score (nSPS) is 17.9. The summed E-state index contributed by atoms with van der Waals surface area (Å²) < 4.78 is 5.08. The molecular formula is C14H13N3O4. The monoisotopic (exact) mass is 287 g/mol. The molecule has 0 bridgehead atoms. The highest BCUT2D eigenvalue weighted by atomic mass is 16.4. The summed E-state index contributed by atoms with van der Waals surface area (Å²) >= 11 is 0. The Kier molecular flexibility index (Phi) is 3.39. The minimum Gasteiger partial charge on any atom is -0.481 e. The second kappa shape index (κ2) is 5.35. The molecular weight excluding hydrogens is 274 g/mol. The van der Waals surface area contributed by atoms with E-state index in [9.17, 15) is 9.59 Å². The van der Waals surface area contributed by atoms with E-state index in [-0.39, 0.29) is 12.5 Å². The molecule has 0 radical (unpaired) electrons. The van der Waals surface area contributed by atoms with Gasteiger partial charge in [-0.1, -0.05) is 0 Å². The van der Waals surface area contributed by atoms with E-state index in [1.807, 2.05) is 0 Å². The van der Waals surface area contributed by atoms with Crippen LogP contribution in [0.2, 0.25) is 0 Å². The number of likely N-dealkylation sites (tertiary alicyclic amines) is 1. The van der Waals surface area contributed by atoms with E-state index in [0.29, 0.717) is 24.4 Å². The summed E-state index contributed by atoms with van der Waals surface area (Å²) in [6.45, 7) is 0.737. The predicted octanol–water partition coefficient (Wildman–Crippen LogP) is 1.28. The summed E-state index contributed by atoms with van der Waals surface area (Å²) in [4.78, 5) is 24.8. The summed E-state index contributed by atoms with van der Waals surface area (Å²) in [5.74, 6) is -1.08. The van der Waals surface area contributed by atoms with Crippen LogP contribution in [0, 0.1) is 5.92 Å². The molecule has 1 atom stereocenters. The van der Waals surface area contributed by atoms with Crippen molar-refractivity contribution in [3.63, 3.8) is 0 Å². The van der Waals surface area contributed by atoms with Crippen LogP contribution in [0.1, 0.15) is 16.8 Å². The van der Waals surface area contributed by atoms with Gasteiger partial charge in [-0.25, -0.2) is 0 Å². The van der Waals surface area contributed by atoms with Gasteiger partial charge < -0.3 is 14.4 Å². The Morgan fingerprint density at radius 3 is 2.62 bits per heavy atom. The smallest absolute Gasteiger partial charge is 0.308 e. The van der Waals surface area contributed by atoms with E-state index in [1.165, 1.54) is 6.39 Å². The molecule has 3 rings (SSSR count). The molecule has 0 spiro atoms. The van der Waals surface area contributed by atoms with Crippen LogP contribution in [0.4, 0.5) is 0 Å². The van der Waals surface area contributed by atoms with Gasteiger partial charge in [0, 0.05) is 24.2 Å². The number of nitrogens with zero attached hydrogens (tertiary/aromatic N) is 3. The summed E-state index contributed by atoms with van der Waals surface area (Å²) in [6, 6.07) is 6.81. The number of carboxylic acids is 1. The van der Waals surface area contributed by atoms with Crippen molar-refractivity contribution in [3.05, 3.63) is 36.2 Å². The zero-order valence-corrected chi connectivity index (χ0v) is 11.1. The summed E-state index contributed by atoms with van der Waals surface area (Å²) in [6.07, 6.45) is 1.74. The second-order valence-electron chi connectivity index (χ2n) is 4.90. The van der Waals surface area contributed by atoms with Crippen LogP contribution in [0.3, 0.4) is 0 Å². The highest BCUT2D eigenvalue weighted by molar-refractivity contribution is 5.95. The SMILES string of the molecule is O=C(O)C1CCN(C(=O)c2ccc(-c3nnco3)cc2)C1. The number of carboxylic acid groups (broad SMARTS) is 1. The average molecular weight is 287 g/mol. The van der Waals surface area contributed by atoms with Crippen LogP contribution in [0.25, 0.3) is 11.5 Å². The lowest BCUT2D eigenvalue weighted by Gasteiger charge is -2.15. The minimum absolute atomic E-state index is 0.157. The first-order valence-electron chi connectivity index (χ1n) is 6.54. The number of carbonyl (C=O) groups is 2. The molecule has 108 valence electrons. The molecule has 1 amide bonds. The number of rotatable bonds is 3. The average Bonchev–Trinajstić information content (AvgIpc) is 3.18. The second-order valence-corrected chi connectivity index (χ2v) is 4.90. The van der Waals surface area contributed by atoms with Gasteiger partial charge in [-0.05, 0) is 30.7 Å². The summed E-state index contributed by atoms with van der Waals surface area (Å²) in [5.41, 5.74) is 1.25. The van der Waals surface area contributed by atoms with Gasteiger partial charge in [-0.3, -0.25) is 9.59 Å². The molecule has 1 aliphatic rings. The fraction of sp³-hybridized carbons (Fsp3) is 0.286. The molecule has 1 aromatic heterocycles. The molecule has 1 aromatic carbocycles. The van der Waals surface area contributed by atoms with Crippen molar-refractivity contribution in [2.45, 2.75) is 6.42 Å². The van der Waals surface area contributed by atoms with E-state index >= 15 is 0 Å². The lowest BCUT2D eigenvalue weighted by Crippen LogP contribution is -2.29. The first-order valence-corrected chi connectivity index (χ1v) is 6.54. The van der Waals surface area contributed by atoms with E-state index in [4.69, 9.17) is 9.52 Å². The Hall–Kier alpha value is -2.70. The third-order valence-electron chi connectivity index (χ3n) is 3.56. The number of benzene rings is 1. The first-order chi connectivity index (χ1) is 10.1. The first kappa shape index (κ1) is 13.3. The van der Waals surface area contributed by atoms with Crippen molar-refractivity contribution in [2.75, 3.05) is 13.1 Å².